The number of fused-ring (bicyclic) bond motifs is 14. The van der Waals surface area contributed by atoms with Gasteiger partial charge in [-0.1, -0.05) is 172 Å². The largest absolute Gasteiger partial charge is 0.456 e. The van der Waals surface area contributed by atoms with Crippen molar-refractivity contribution in [3.05, 3.63) is 206 Å². The van der Waals surface area contributed by atoms with Crippen molar-refractivity contribution >= 4 is 87.2 Å². The van der Waals surface area contributed by atoms with E-state index in [0.29, 0.717) is 17.5 Å². The molecular weight excluding hydrogens is 821 g/mol. The minimum atomic E-state index is 0.569. The number of furan rings is 2. The van der Waals surface area contributed by atoms with Crippen LogP contribution in [0.3, 0.4) is 0 Å². The second kappa shape index (κ2) is 15.4. The fourth-order valence-corrected chi connectivity index (χ4v) is 10.1. The summed E-state index contributed by atoms with van der Waals surface area (Å²) in [6.45, 7) is 4.00. The molecule has 0 aliphatic heterocycles. The van der Waals surface area contributed by atoms with E-state index in [1.807, 2.05) is 80.6 Å². The fraction of sp³-hybridized carbons (Fsp3) is 0.0328. The Morgan fingerprint density at radius 2 is 0.776 bits per heavy atom. The molecule has 0 radical (unpaired) electrons. The van der Waals surface area contributed by atoms with E-state index in [1.54, 1.807) is 0 Å². The van der Waals surface area contributed by atoms with E-state index >= 15 is 0 Å². The van der Waals surface area contributed by atoms with Crippen molar-refractivity contribution in [1.29, 1.82) is 0 Å². The predicted octanol–water partition coefficient (Wildman–Crippen LogP) is 16.8. The van der Waals surface area contributed by atoms with Gasteiger partial charge in [-0.15, -0.1) is 0 Å². The maximum Gasteiger partial charge on any atom is 0.164 e. The summed E-state index contributed by atoms with van der Waals surface area (Å²) in [7, 11) is 0. The first-order valence-corrected chi connectivity index (χ1v) is 22.8. The van der Waals surface area contributed by atoms with Gasteiger partial charge in [-0.05, 0) is 70.3 Å². The minimum absolute atomic E-state index is 0.569. The lowest BCUT2D eigenvalue weighted by Gasteiger charge is -2.15. The molecule has 6 heteroatoms. The van der Waals surface area contributed by atoms with Crippen molar-refractivity contribution in [2.24, 2.45) is 0 Å². The lowest BCUT2D eigenvalue weighted by atomic mass is 9.96. The van der Waals surface area contributed by atoms with Gasteiger partial charge < -0.3 is 13.4 Å². The number of para-hydroxylation sites is 3. The van der Waals surface area contributed by atoms with Crippen LogP contribution in [0.4, 0.5) is 0 Å². The van der Waals surface area contributed by atoms with Gasteiger partial charge in [0.15, 0.2) is 17.5 Å². The summed E-state index contributed by atoms with van der Waals surface area (Å²) in [6.07, 6.45) is 0. The highest BCUT2D eigenvalue weighted by Gasteiger charge is 2.23. The van der Waals surface area contributed by atoms with Gasteiger partial charge in [0.2, 0.25) is 0 Å². The molecule has 14 aromatic rings. The van der Waals surface area contributed by atoms with Crippen LogP contribution < -0.4 is 0 Å². The van der Waals surface area contributed by atoms with Crippen LogP contribution in [-0.4, -0.2) is 19.5 Å². The molecule has 0 saturated carbocycles. The van der Waals surface area contributed by atoms with Gasteiger partial charge in [0, 0.05) is 65.6 Å². The molecule has 14 rings (SSSR count). The van der Waals surface area contributed by atoms with Crippen LogP contribution >= 0.6 is 0 Å². The molecule has 0 atom stereocenters. The van der Waals surface area contributed by atoms with Crippen molar-refractivity contribution in [3.63, 3.8) is 0 Å². The van der Waals surface area contributed by atoms with Crippen molar-refractivity contribution in [2.75, 3.05) is 0 Å². The van der Waals surface area contributed by atoms with E-state index in [4.69, 9.17) is 23.8 Å². The number of benzene rings is 10. The van der Waals surface area contributed by atoms with E-state index in [0.717, 1.165) is 88.4 Å². The number of hydrogen-bond donors (Lipinski definition) is 0. The average Bonchev–Trinajstić information content (AvgIpc) is 4.09. The summed E-state index contributed by atoms with van der Waals surface area (Å²) in [4.78, 5) is 15.5. The van der Waals surface area contributed by atoms with Gasteiger partial charge in [-0.3, -0.25) is 0 Å². The molecule has 316 valence electrons. The second-order valence-corrected chi connectivity index (χ2v) is 16.7. The van der Waals surface area contributed by atoms with Crippen LogP contribution in [0.15, 0.2) is 215 Å². The van der Waals surface area contributed by atoms with E-state index in [2.05, 4.69) is 144 Å². The van der Waals surface area contributed by atoms with Gasteiger partial charge >= 0.3 is 0 Å². The summed E-state index contributed by atoms with van der Waals surface area (Å²) in [5.74, 6) is 1.74. The Balaban J connectivity index is 0.00000220. The molecule has 4 heterocycles. The fourth-order valence-electron chi connectivity index (χ4n) is 10.1. The molecule has 0 N–H and O–H groups in total. The first-order valence-electron chi connectivity index (χ1n) is 22.8. The molecule has 0 unspecified atom stereocenters. The first kappa shape index (κ1) is 38.6. The standard InChI is InChI=1S/C59H34N4O2.C2H6/c1-2-14-35(15-3-1)57-60-58(62-59(61-57)38-29-31-46-44-21-9-11-27-51(44)65-53(46)34-38)37-16-12-17-39(32-37)63-55-40(36-28-30-45-43-20-8-10-26-50(43)64-52(45)33-36)24-13-25-49(55)54-47-22-6-4-18-41(47)42-19-5-7-23-48(42)56(54)63;1-2/h1-34H;1-2H3. The molecule has 67 heavy (non-hydrogen) atoms. The van der Waals surface area contributed by atoms with E-state index in [9.17, 15) is 0 Å². The zero-order valence-electron chi connectivity index (χ0n) is 36.7. The van der Waals surface area contributed by atoms with Gasteiger partial charge in [-0.2, -0.15) is 0 Å². The molecule has 0 aliphatic carbocycles. The highest BCUT2D eigenvalue weighted by molar-refractivity contribution is 6.33. The smallest absolute Gasteiger partial charge is 0.164 e. The Kier molecular flexibility index (Phi) is 8.86. The van der Waals surface area contributed by atoms with Crippen molar-refractivity contribution in [3.8, 4) is 51.0 Å². The molecular formula is C61H40N4O2. The average molecular weight is 861 g/mol. The zero-order chi connectivity index (χ0) is 44.6. The van der Waals surface area contributed by atoms with E-state index < -0.39 is 0 Å². The van der Waals surface area contributed by atoms with Crippen LogP contribution in [0, 0.1) is 0 Å². The monoisotopic (exact) mass is 860 g/mol. The molecule has 4 aromatic heterocycles. The summed E-state index contributed by atoms with van der Waals surface area (Å²) < 4.78 is 15.2. The van der Waals surface area contributed by atoms with Crippen LogP contribution in [0.5, 0.6) is 0 Å². The normalized spacial score (nSPS) is 11.7. The van der Waals surface area contributed by atoms with Gasteiger partial charge in [0.1, 0.15) is 22.3 Å². The molecule has 0 amide bonds. The highest BCUT2D eigenvalue weighted by atomic mass is 16.3. The van der Waals surface area contributed by atoms with E-state index in [-0.39, 0.29) is 0 Å². The van der Waals surface area contributed by atoms with Gasteiger partial charge in [-0.25, -0.2) is 15.0 Å². The maximum atomic E-state index is 6.47. The molecule has 0 saturated heterocycles. The third-order valence-corrected chi connectivity index (χ3v) is 13.0. The van der Waals surface area contributed by atoms with Crippen LogP contribution in [-0.2, 0) is 0 Å². The molecule has 0 fully saturated rings. The minimum Gasteiger partial charge on any atom is -0.456 e. The second-order valence-electron chi connectivity index (χ2n) is 16.7. The van der Waals surface area contributed by atoms with Gasteiger partial charge in [0.25, 0.3) is 0 Å². The third-order valence-electron chi connectivity index (χ3n) is 13.0. The molecule has 6 nitrogen and oxygen atoms in total. The van der Waals surface area contributed by atoms with Crippen LogP contribution in [0.1, 0.15) is 13.8 Å². The van der Waals surface area contributed by atoms with Crippen LogP contribution in [0.25, 0.3) is 138 Å². The number of hydrogen-bond acceptors (Lipinski definition) is 5. The predicted molar refractivity (Wildman–Crippen MR) is 277 cm³/mol. The molecule has 0 aliphatic rings. The SMILES string of the molecule is CC.c1ccc(-c2nc(-c3cccc(-n4c5c(-c6ccc7c(c6)oc6ccccc67)cccc5c5c6ccccc6c6ccccc6c54)c3)nc(-c3ccc4c(c3)oc3ccccc34)n2)cc1. The summed E-state index contributed by atoms with van der Waals surface area (Å²) in [5, 5.41) is 11.5. The Bertz CT molecular complexity index is 4250. The number of nitrogens with zero attached hydrogens (tertiary/aromatic N) is 4. The first-order chi connectivity index (χ1) is 33.2. The van der Waals surface area contributed by atoms with Crippen molar-refractivity contribution < 1.29 is 8.83 Å². The Morgan fingerprint density at radius 1 is 0.313 bits per heavy atom. The maximum absolute atomic E-state index is 6.47. The Morgan fingerprint density at radius 3 is 1.45 bits per heavy atom. The number of aromatic nitrogens is 4. The summed E-state index contributed by atoms with van der Waals surface area (Å²) in [6, 6.07) is 72.2. The molecule has 0 spiro atoms. The number of rotatable bonds is 5. The Labute approximate surface area is 385 Å². The third kappa shape index (κ3) is 6.07. The lowest BCUT2D eigenvalue weighted by molar-refractivity contribution is 0.668. The zero-order valence-corrected chi connectivity index (χ0v) is 36.7. The Hall–Kier alpha value is -8.87. The topological polar surface area (TPSA) is 69.9 Å². The van der Waals surface area contributed by atoms with Crippen molar-refractivity contribution in [1.82, 2.24) is 19.5 Å². The molecule has 10 aromatic carbocycles. The summed E-state index contributed by atoms with van der Waals surface area (Å²) >= 11 is 0. The van der Waals surface area contributed by atoms with Gasteiger partial charge in [0.05, 0.1) is 11.0 Å². The van der Waals surface area contributed by atoms with Crippen molar-refractivity contribution in [2.45, 2.75) is 13.8 Å². The van der Waals surface area contributed by atoms with E-state index in [1.165, 1.54) is 32.3 Å². The molecule has 0 bridgehead atoms. The highest BCUT2D eigenvalue weighted by Crippen LogP contribution is 2.46. The van der Waals surface area contributed by atoms with Crippen LogP contribution in [0.2, 0.25) is 0 Å². The lowest BCUT2D eigenvalue weighted by Crippen LogP contribution is -2.01. The quantitative estimate of drug-likeness (QED) is 0.161. The summed E-state index contributed by atoms with van der Waals surface area (Å²) in [5.41, 5.74) is 11.4.